The van der Waals surface area contributed by atoms with E-state index < -0.39 is 0 Å². The van der Waals surface area contributed by atoms with Gasteiger partial charge in [-0.25, -0.2) is 0 Å². The minimum Gasteiger partial charge on any atom is -0.497 e. The number of likely N-dealkylation sites (tertiary alicyclic amines) is 1. The summed E-state index contributed by atoms with van der Waals surface area (Å²) in [5.74, 6) is 0.869. The molecule has 5 heteroatoms. The molecule has 2 aliphatic heterocycles. The summed E-state index contributed by atoms with van der Waals surface area (Å²) in [6.45, 7) is 2.31. The summed E-state index contributed by atoms with van der Waals surface area (Å²) in [4.78, 5) is 29.7. The normalized spacial score (nSPS) is 20.7. The van der Waals surface area contributed by atoms with Gasteiger partial charge in [0.15, 0.2) is 0 Å². The van der Waals surface area contributed by atoms with Crippen molar-refractivity contribution in [2.75, 3.05) is 13.7 Å². The number of methoxy groups -OCH3 is 1. The van der Waals surface area contributed by atoms with Crippen molar-refractivity contribution < 1.29 is 14.3 Å². The molecule has 0 saturated carbocycles. The Bertz CT molecular complexity index is 967. The molecule has 1 fully saturated rings. The highest BCUT2D eigenvalue weighted by Crippen LogP contribution is 2.36. The molecule has 0 radical (unpaired) electrons. The molecular weight excluding hydrogens is 388 g/mol. The van der Waals surface area contributed by atoms with Crippen molar-refractivity contribution in [3.8, 4) is 5.75 Å². The third-order valence-corrected chi connectivity index (χ3v) is 6.41. The lowest BCUT2D eigenvalue weighted by atomic mass is 9.92. The first-order valence-corrected chi connectivity index (χ1v) is 11.1. The Kier molecular flexibility index (Phi) is 6.40. The largest absolute Gasteiger partial charge is 0.497 e. The van der Waals surface area contributed by atoms with Crippen molar-refractivity contribution in [3.05, 3.63) is 71.4 Å². The van der Waals surface area contributed by atoms with E-state index >= 15 is 0 Å². The van der Waals surface area contributed by atoms with Crippen molar-refractivity contribution >= 4 is 17.9 Å². The van der Waals surface area contributed by atoms with Crippen LogP contribution in [0.3, 0.4) is 0 Å². The van der Waals surface area contributed by atoms with Crippen LogP contribution in [0.25, 0.3) is 6.08 Å². The summed E-state index contributed by atoms with van der Waals surface area (Å²) < 4.78 is 5.30. The molecule has 5 nitrogen and oxygen atoms in total. The van der Waals surface area contributed by atoms with Crippen LogP contribution in [0.2, 0.25) is 0 Å². The van der Waals surface area contributed by atoms with Crippen molar-refractivity contribution in [3.63, 3.8) is 0 Å². The van der Waals surface area contributed by atoms with Crippen LogP contribution in [0.5, 0.6) is 5.75 Å². The number of hydrogen-bond donors (Lipinski definition) is 0. The molecule has 1 saturated heterocycles. The van der Waals surface area contributed by atoms with Gasteiger partial charge in [-0.1, -0.05) is 49.2 Å². The molecule has 0 N–H and O–H groups in total. The van der Waals surface area contributed by atoms with E-state index in [1.165, 1.54) is 0 Å². The van der Waals surface area contributed by atoms with E-state index in [1.807, 2.05) is 53.6 Å². The number of carbonyl (C=O) groups excluding carboxylic acids is 2. The van der Waals surface area contributed by atoms with E-state index in [0.717, 1.165) is 54.7 Å². The standard InChI is InChI=1S/C26H30N2O3/c1-19(29)27-17-15-20-8-5-6-9-23(20)25(27)18-26(30)28-16-7-3-4-10-24(28)21-11-13-22(31-2)14-12-21/h5-6,8-9,11-15,17,24-25H,3-4,7,10,16,18H2,1-2H3/t24-,25+/m0/s1. The molecule has 4 rings (SSSR count). The maximum Gasteiger partial charge on any atom is 0.225 e. The van der Waals surface area contributed by atoms with E-state index in [-0.39, 0.29) is 30.3 Å². The highest BCUT2D eigenvalue weighted by atomic mass is 16.5. The average molecular weight is 419 g/mol. The fourth-order valence-electron chi connectivity index (χ4n) is 4.78. The van der Waals surface area contributed by atoms with E-state index in [2.05, 4.69) is 12.1 Å². The van der Waals surface area contributed by atoms with Crippen LogP contribution in [0.15, 0.2) is 54.7 Å². The Morgan fingerprint density at radius 1 is 1.03 bits per heavy atom. The van der Waals surface area contributed by atoms with Crippen LogP contribution in [0, 0.1) is 0 Å². The first-order valence-electron chi connectivity index (χ1n) is 11.1. The lowest BCUT2D eigenvalue weighted by Crippen LogP contribution is -2.39. The molecule has 2 atom stereocenters. The monoisotopic (exact) mass is 418 g/mol. The third-order valence-electron chi connectivity index (χ3n) is 6.41. The number of hydrogen-bond acceptors (Lipinski definition) is 3. The highest BCUT2D eigenvalue weighted by Gasteiger charge is 2.33. The molecule has 2 aromatic rings. The quantitative estimate of drug-likeness (QED) is 0.694. The molecule has 0 aliphatic carbocycles. The van der Waals surface area contributed by atoms with Gasteiger partial charge in [-0.05, 0) is 47.7 Å². The molecule has 0 bridgehead atoms. The third kappa shape index (κ3) is 4.50. The zero-order chi connectivity index (χ0) is 21.8. The summed E-state index contributed by atoms with van der Waals surface area (Å²) in [5.41, 5.74) is 3.24. The van der Waals surface area contributed by atoms with Crippen LogP contribution < -0.4 is 4.74 Å². The molecule has 2 aliphatic rings. The zero-order valence-corrected chi connectivity index (χ0v) is 18.3. The van der Waals surface area contributed by atoms with Crippen LogP contribution in [-0.4, -0.2) is 35.3 Å². The van der Waals surface area contributed by atoms with Crippen molar-refractivity contribution in [1.82, 2.24) is 9.80 Å². The van der Waals surface area contributed by atoms with Gasteiger partial charge in [-0.2, -0.15) is 0 Å². The van der Waals surface area contributed by atoms with Gasteiger partial charge in [-0.3, -0.25) is 9.59 Å². The molecule has 2 aromatic carbocycles. The second-order valence-electron chi connectivity index (χ2n) is 8.32. The SMILES string of the molecule is COc1ccc([C@@H]2CCCCCN2C(=O)C[C@@H]2c3ccccc3C=CN2C(C)=O)cc1. The van der Waals surface area contributed by atoms with Gasteiger partial charge < -0.3 is 14.5 Å². The van der Waals surface area contributed by atoms with E-state index in [1.54, 1.807) is 18.9 Å². The van der Waals surface area contributed by atoms with Crippen LogP contribution in [0.1, 0.15) is 67.8 Å². The van der Waals surface area contributed by atoms with E-state index in [9.17, 15) is 9.59 Å². The predicted octanol–water partition coefficient (Wildman–Crippen LogP) is 5.10. The molecule has 2 heterocycles. The molecule has 0 unspecified atom stereocenters. The minimum absolute atomic E-state index is 0.0499. The van der Waals surface area contributed by atoms with Gasteiger partial charge in [-0.15, -0.1) is 0 Å². The Labute approximate surface area is 184 Å². The van der Waals surface area contributed by atoms with Crippen molar-refractivity contribution in [1.29, 1.82) is 0 Å². The first-order chi connectivity index (χ1) is 15.1. The maximum absolute atomic E-state index is 13.6. The summed E-state index contributed by atoms with van der Waals surface area (Å²) in [6, 6.07) is 15.9. The maximum atomic E-state index is 13.6. The number of carbonyl (C=O) groups is 2. The summed E-state index contributed by atoms with van der Waals surface area (Å²) in [7, 11) is 1.66. The molecular formula is C26H30N2O3. The highest BCUT2D eigenvalue weighted by molar-refractivity contribution is 5.82. The Hall–Kier alpha value is -3.08. The lowest BCUT2D eigenvalue weighted by Gasteiger charge is -2.36. The van der Waals surface area contributed by atoms with Gasteiger partial charge in [0.25, 0.3) is 0 Å². The van der Waals surface area contributed by atoms with Gasteiger partial charge in [0.1, 0.15) is 5.75 Å². The zero-order valence-electron chi connectivity index (χ0n) is 18.3. The Morgan fingerprint density at radius 2 is 1.81 bits per heavy atom. The van der Waals surface area contributed by atoms with Gasteiger partial charge in [0.2, 0.25) is 11.8 Å². The summed E-state index contributed by atoms with van der Waals surface area (Å²) in [6.07, 6.45) is 8.25. The number of amides is 2. The number of nitrogens with zero attached hydrogens (tertiary/aromatic N) is 2. The first kappa shape index (κ1) is 21.2. The minimum atomic E-state index is -0.272. The number of fused-ring (bicyclic) bond motifs is 1. The van der Waals surface area contributed by atoms with Crippen LogP contribution in [0.4, 0.5) is 0 Å². The summed E-state index contributed by atoms with van der Waals surface area (Å²) in [5, 5.41) is 0. The molecule has 31 heavy (non-hydrogen) atoms. The topological polar surface area (TPSA) is 49.9 Å². The molecule has 162 valence electrons. The number of ether oxygens (including phenoxy) is 1. The second kappa shape index (κ2) is 9.38. The van der Waals surface area contributed by atoms with Crippen molar-refractivity contribution in [2.45, 2.75) is 51.1 Å². The number of rotatable bonds is 4. The average Bonchev–Trinajstić information content (AvgIpc) is 3.05. The smallest absolute Gasteiger partial charge is 0.225 e. The predicted molar refractivity (Wildman–Crippen MR) is 121 cm³/mol. The molecule has 0 aromatic heterocycles. The fourth-order valence-corrected chi connectivity index (χ4v) is 4.78. The summed E-state index contributed by atoms with van der Waals surface area (Å²) >= 11 is 0. The number of benzene rings is 2. The van der Waals surface area contributed by atoms with Gasteiger partial charge in [0, 0.05) is 19.7 Å². The Morgan fingerprint density at radius 3 is 2.55 bits per heavy atom. The molecule has 0 spiro atoms. The van der Waals surface area contributed by atoms with Gasteiger partial charge in [0.05, 0.1) is 25.6 Å². The van der Waals surface area contributed by atoms with Crippen molar-refractivity contribution in [2.24, 2.45) is 0 Å². The second-order valence-corrected chi connectivity index (χ2v) is 8.32. The van der Waals surface area contributed by atoms with Crippen LogP contribution in [-0.2, 0) is 9.59 Å². The van der Waals surface area contributed by atoms with Gasteiger partial charge >= 0.3 is 0 Å². The Balaban J connectivity index is 1.61. The lowest BCUT2D eigenvalue weighted by molar-refractivity contribution is -0.136. The molecule has 2 amide bonds. The van der Waals surface area contributed by atoms with E-state index in [0.29, 0.717) is 0 Å². The van der Waals surface area contributed by atoms with E-state index in [4.69, 9.17) is 4.74 Å². The van der Waals surface area contributed by atoms with Crippen LogP contribution >= 0.6 is 0 Å². The fraction of sp³-hybridized carbons (Fsp3) is 0.385.